The molecular formula is C12H7Cl3N2O3S. The summed E-state index contributed by atoms with van der Waals surface area (Å²) < 4.78 is 25.9. The van der Waals surface area contributed by atoms with Crippen LogP contribution < -0.4 is 4.72 Å². The minimum absolute atomic E-state index is 0.00781. The number of hydrogen-bond acceptors (Lipinski definition) is 4. The molecule has 1 heterocycles. The van der Waals surface area contributed by atoms with Gasteiger partial charge in [-0.25, -0.2) is 18.1 Å². The highest BCUT2D eigenvalue weighted by molar-refractivity contribution is 7.90. The monoisotopic (exact) mass is 364 g/mol. The molecule has 0 saturated heterocycles. The van der Waals surface area contributed by atoms with Gasteiger partial charge in [-0.1, -0.05) is 34.8 Å². The molecule has 0 aliphatic carbocycles. The summed E-state index contributed by atoms with van der Waals surface area (Å²) in [6, 6.07) is 6.63. The second kappa shape index (κ2) is 6.19. The molecule has 1 N–H and O–H groups in total. The van der Waals surface area contributed by atoms with Gasteiger partial charge in [0.05, 0.1) is 10.6 Å². The first-order valence-electron chi connectivity index (χ1n) is 5.43. The maximum absolute atomic E-state index is 12.0. The van der Waals surface area contributed by atoms with Gasteiger partial charge in [-0.2, -0.15) is 0 Å². The van der Waals surface area contributed by atoms with Crippen LogP contribution in [0.25, 0.3) is 0 Å². The number of pyridine rings is 1. The highest BCUT2D eigenvalue weighted by atomic mass is 35.5. The van der Waals surface area contributed by atoms with Crippen LogP contribution in [0.3, 0.4) is 0 Å². The largest absolute Gasteiger partial charge is 0.268 e. The molecule has 9 heteroatoms. The second-order valence-corrected chi connectivity index (χ2v) is 6.79. The molecule has 110 valence electrons. The van der Waals surface area contributed by atoms with E-state index in [0.717, 1.165) is 6.20 Å². The molecule has 21 heavy (non-hydrogen) atoms. The summed E-state index contributed by atoms with van der Waals surface area (Å²) in [4.78, 5) is 15.4. The molecule has 1 aromatic heterocycles. The predicted octanol–water partition coefficient (Wildman–Crippen LogP) is 3.16. The van der Waals surface area contributed by atoms with Gasteiger partial charge in [0.25, 0.3) is 15.9 Å². The maximum Gasteiger partial charge on any atom is 0.266 e. The summed E-state index contributed by atoms with van der Waals surface area (Å²) in [6.45, 7) is 0. The number of sulfonamides is 1. The fourth-order valence-corrected chi connectivity index (χ4v) is 2.95. The lowest BCUT2D eigenvalue weighted by atomic mass is 10.2. The standard InChI is InChI=1S/C12H7Cl3N2O3S/c13-7-1-3-9(10(14)5-7)12(18)17-21(19,20)8-2-4-11(15)16-6-8/h1-6H,(H,17,18). The molecule has 1 aromatic carbocycles. The Kier molecular flexibility index (Phi) is 4.73. The number of aromatic nitrogens is 1. The Bertz CT molecular complexity index is 792. The zero-order valence-corrected chi connectivity index (χ0v) is 13.3. The summed E-state index contributed by atoms with van der Waals surface area (Å²) >= 11 is 17.1. The van der Waals surface area contributed by atoms with Gasteiger partial charge in [-0.15, -0.1) is 0 Å². The zero-order chi connectivity index (χ0) is 15.6. The number of hydrogen-bond donors (Lipinski definition) is 1. The van der Waals surface area contributed by atoms with Crippen LogP contribution in [-0.2, 0) is 10.0 Å². The topological polar surface area (TPSA) is 76.1 Å². The number of carbonyl (C=O) groups excluding carboxylic acids is 1. The van der Waals surface area contributed by atoms with E-state index in [4.69, 9.17) is 34.8 Å². The first-order chi connectivity index (χ1) is 9.79. The van der Waals surface area contributed by atoms with Crippen LogP contribution in [0.4, 0.5) is 0 Å². The lowest BCUT2D eigenvalue weighted by Gasteiger charge is -2.08. The number of halogens is 3. The van der Waals surface area contributed by atoms with Crippen molar-refractivity contribution >= 4 is 50.7 Å². The van der Waals surface area contributed by atoms with E-state index in [0.29, 0.717) is 5.02 Å². The molecule has 0 unspecified atom stereocenters. The van der Waals surface area contributed by atoms with E-state index in [1.54, 1.807) is 0 Å². The molecule has 1 amide bonds. The lowest BCUT2D eigenvalue weighted by molar-refractivity contribution is 0.0981. The molecule has 0 fully saturated rings. The molecule has 0 radical (unpaired) electrons. The normalized spacial score (nSPS) is 11.2. The van der Waals surface area contributed by atoms with Gasteiger partial charge in [0.2, 0.25) is 0 Å². The van der Waals surface area contributed by atoms with Gasteiger partial charge >= 0.3 is 0 Å². The molecule has 0 atom stereocenters. The third-order valence-corrected chi connectivity index (χ3v) is 4.50. The van der Waals surface area contributed by atoms with Crippen LogP contribution in [0.2, 0.25) is 15.2 Å². The van der Waals surface area contributed by atoms with E-state index in [1.807, 2.05) is 4.72 Å². The summed E-state index contributed by atoms with van der Waals surface area (Å²) in [6.07, 6.45) is 1.04. The van der Waals surface area contributed by atoms with Crippen LogP contribution in [0.5, 0.6) is 0 Å². The van der Waals surface area contributed by atoms with E-state index in [2.05, 4.69) is 4.98 Å². The fraction of sp³-hybridized carbons (Fsp3) is 0. The predicted molar refractivity (Wildman–Crippen MR) is 80.4 cm³/mol. The molecule has 2 rings (SSSR count). The number of carbonyl (C=O) groups is 1. The van der Waals surface area contributed by atoms with Crippen molar-refractivity contribution in [3.8, 4) is 0 Å². The van der Waals surface area contributed by atoms with Gasteiger partial charge in [-0.3, -0.25) is 4.79 Å². The van der Waals surface area contributed by atoms with E-state index >= 15 is 0 Å². The number of rotatable bonds is 3. The average molecular weight is 366 g/mol. The van der Waals surface area contributed by atoms with E-state index in [-0.39, 0.29) is 20.6 Å². The third kappa shape index (κ3) is 3.85. The Hall–Kier alpha value is -1.34. The quantitative estimate of drug-likeness (QED) is 0.848. The van der Waals surface area contributed by atoms with Crippen molar-refractivity contribution < 1.29 is 13.2 Å². The molecular weight excluding hydrogens is 359 g/mol. The Morgan fingerprint density at radius 2 is 1.81 bits per heavy atom. The van der Waals surface area contributed by atoms with Gasteiger partial charge in [0, 0.05) is 11.2 Å². The molecule has 0 bridgehead atoms. The zero-order valence-electron chi connectivity index (χ0n) is 10.2. The maximum atomic E-state index is 12.0. The van der Waals surface area contributed by atoms with Gasteiger partial charge in [-0.05, 0) is 30.3 Å². The Morgan fingerprint density at radius 1 is 1.10 bits per heavy atom. The van der Waals surface area contributed by atoms with Crippen molar-refractivity contribution in [3.05, 3.63) is 57.3 Å². The molecule has 0 aliphatic heterocycles. The van der Waals surface area contributed by atoms with Gasteiger partial charge < -0.3 is 0 Å². The fourth-order valence-electron chi connectivity index (χ4n) is 1.43. The van der Waals surface area contributed by atoms with Gasteiger partial charge in [0.15, 0.2) is 0 Å². The summed E-state index contributed by atoms with van der Waals surface area (Å²) in [5.74, 6) is -0.869. The van der Waals surface area contributed by atoms with Crippen molar-refractivity contribution in [2.75, 3.05) is 0 Å². The average Bonchev–Trinajstić information content (AvgIpc) is 2.38. The van der Waals surface area contributed by atoms with Crippen molar-refractivity contribution in [1.29, 1.82) is 0 Å². The van der Waals surface area contributed by atoms with Crippen LogP contribution in [-0.4, -0.2) is 19.3 Å². The highest BCUT2D eigenvalue weighted by Gasteiger charge is 2.20. The Morgan fingerprint density at radius 3 is 2.38 bits per heavy atom. The molecule has 5 nitrogen and oxygen atoms in total. The van der Waals surface area contributed by atoms with Crippen molar-refractivity contribution in [2.24, 2.45) is 0 Å². The van der Waals surface area contributed by atoms with Crippen molar-refractivity contribution in [1.82, 2.24) is 9.71 Å². The van der Waals surface area contributed by atoms with Crippen LogP contribution >= 0.6 is 34.8 Å². The first-order valence-corrected chi connectivity index (χ1v) is 8.05. The van der Waals surface area contributed by atoms with E-state index in [1.165, 1.54) is 30.3 Å². The van der Waals surface area contributed by atoms with E-state index < -0.39 is 15.9 Å². The van der Waals surface area contributed by atoms with E-state index in [9.17, 15) is 13.2 Å². The summed E-state index contributed by atoms with van der Waals surface area (Å²) in [7, 11) is -4.06. The first kappa shape index (κ1) is 16.0. The number of benzene rings is 1. The van der Waals surface area contributed by atoms with Gasteiger partial charge in [0.1, 0.15) is 10.0 Å². The van der Waals surface area contributed by atoms with Crippen LogP contribution in [0.15, 0.2) is 41.4 Å². The SMILES string of the molecule is O=C(NS(=O)(=O)c1ccc(Cl)nc1)c1ccc(Cl)cc1Cl. The smallest absolute Gasteiger partial charge is 0.266 e. The molecule has 0 aliphatic rings. The summed E-state index contributed by atoms with van der Waals surface area (Å²) in [5.41, 5.74) is -0.00781. The molecule has 2 aromatic rings. The molecule has 0 saturated carbocycles. The highest BCUT2D eigenvalue weighted by Crippen LogP contribution is 2.21. The molecule has 0 spiro atoms. The van der Waals surface area contributed by atoms with Crippen molar-refractivity contribution in [3.63, 3.8) is 0 Å². The minimum Gasteiger partial charge on any atom is -0.268 e. The number of nitrogens with zero attached hydrogens (tertiary/aromatic N) is 1. The lowest BCUT2D eigenvalue weighted by Crippen LogP contribution is -2.30. The Balaban J connectivity index is 2.28. The minimum atomic E-state index is -4.06. The summed E-state index contributed by atoms with van der Waals surface area (Å²) in [5, 5.41) is 0.520. The number of amides is 1. The van der Waals surface area contributed by atoms with Crippen LogP contribution in [0.1, 0.15) is 10.4 Å². The number of nitrogens with one attached hydrogen (secondary N) is 1. The van der Waals surface area contributed by atoms with Crippen LogP contribution in [0, 0.1) is 0 Å². The second-order valence-electron chi connectivity index (χ2n) is 3.88. The third-order valence-electron chi connectivity index (χ3n) is 2.41. The van der Waals surface area contributed by atoms with Crippen molar-refractivity contribution in [2.45, 2.75) is 4.90 Å². The Labute approximate surface area is 135 Å².